The SMILES string of the molecule is CCCCc1cn(-c2ccc(CC(=O)Cc3cc(CCC(C)=O)ccc3C)cc2)nn1. The van der Waals surface area contributed by atoms with Gasteiger partial charge in [0.05, 0.1) is 17.6 Å². The Bertz CT molecular complexity index is 1040. The van der Waals surface area contributed by atoms with Gasteiger partial charge >= 0.3 is 0 Å². The average molecular weight is 418 g/mol. The molecule has 5 heteroatoms. The maximum atomic E-state index is 12.7. The highest BCUT2D eigenvalue weighted by Crippen LogP contribution is 2.16. The summed E-state index contributed by atoms with van der Waals surface area (Å²) in [5, 5.41) is 8.43. The molecule has 0 fully saturated rings. The molecule has 0 bridgehead atoms. The fourth-order valence-electron chi connectivity index (χ4n) is 3.56. The number of rotatable bonds is 11. The van der Waals surface area contributed by atoms with Gasteiger partial charge in [0, 0.05) is 19.3 Å². The molecule has 1 heterocycles. The van der Waals surface area contributed by atoms with E-state index in [2.05, 4.69) is 23.3 Å². The second-order valence-corrected chi connectivity index (χ2v) is 8.28. The topological polar surface area (TPSA) is 64.8 Å². The largest absolute Gasteiger partial charge is 0.300 e. The van der Waals surface area contributed by atoms with Crippen molar-refractivity contribution in [3.8, 4) is 5.69 Å². The predicted octanol–water partition coefficient (Wildman–Crippen LogP) is 4.79. The summed E-state index contributed by atoms with van der Waals surface area (Å²) in [6.45, 7) is 5.80. The standard InChI is InChI=1S/C26H31N3O2/c1-4-5-6-24-18-29(28-27-24)25-13-11-22(12-14-25)16-26(31)17-23-15-21(9-7-19(23)2)10-8-20(3)30/h7,9,11-15,18H,4-6,8,10,16-17H2,1-3H3. The van der Waals surface area contributed by atoms with Gasteiger partial charge in [-0.05, 0) is 67.5 Å². The van der Waals surface area contributed by atoms with Gasteiger partial charge < -0.3 is 4.79 Å². The van der Waals surface area contributed by atoms with Gasteiger partial charge in [-0.2, -0.15) is 0 Å². The van der Waals surface area contributed by atoms with E-state index in [4.69, 9.17) is 0 Å². The Balaban J connectivity index is 1.60. The normalized spacial score (nSPS) is 10.9. The minimum Gasteiger partial charge on any atom is -0.300 e. The van der Waals surface area contributed by atoms with Crippen LogP contribution in [0, 0.1) is 6.92 Å². The summed E-state index contributed by atoms with van der Waals surface area (Å²) >= 11 is 0. The molecule has 0 saturated heterocycles. The molecule has 0 atom stereocenters. The molecule has 1 aromatic heterocycles. The van der Waals surface area contributed by atoms with Crippen LogP contribution in [-0.2, 0) is 35.3 Å². The summed E-state index contributed by atoms with van der Waals surface area (Å²) in [7, 11) is 0. The van der Waals surface area contributed by atoms with Gasteiger partial charge in [-0.15, -0.1) is 5.10 Å². The van der Waals surface area contributed by atoms with Crippen molar-refractivity contribution in [3.63, 3.8) is 0 Å². The van der Waals surface area contributed by atoms with Crippen molar-refractivity contribution in [2.75, 3.05) is 0 Å². The second kappa shape index (κ2) is 10.8. The molecule has 3 rings (SSSR count). The number of unbranched alkanes of at least 4 members (excludes halogenated alkanes) is 1. The molecule has 0 aliphatic heterocycles. The molecule has 0 amide bonds. The zero-order chi connectivity index (χ0) is 22.2. The van der Waals surface area contributed by atoms with Crippen molar-refractivity contribution in [2.24, 2.45) is 0 Å². The summed E-state index contributed by atoms with van der Waals surface area (Å²) in [4.78, 5) is 23.9. The van der Waals surface area contributed by atoms with E-state index in [0.29, 0.717) is 19.3 Å². The quantitative estimate of drug-likeness (QED) is 0.450. The predicted molar refractivity (Wildman–Crippen MR) is 123 cm³/mol. The Morgan fingerprint density at radius 3 is 2.42 bits per heavy atom. The van der Waals surface area contributed by atoms with Gasteiger partial charge in [-0.25, -0.2) is 4.68 Å². The number of carbonyl (C=O) groups is 2. The lowest BCUT2D eigenvalue weighted by Crippen LogP contribution is -2.08. The smallest absolute Gasteiger partial charge is 0.141 e. The molecule has 0 spiro atoms. The fourth-order valence-corrected chi connectivity index (χ4v) is 3.56. The number of benzene rings is 2. The Labute approximate surface area is 184 Å². The van der Waals surface area contributed by atoms with Crippen LogP contribution in [0.1, 0.15) is 61.1 Å². The van der Waals surface area contributed by atoms with Gasteiger partial charge in [0.2, 0.25) is 0 Å². The van der Waals surface area contributed by atoms with Crippen LogP contribution in [-0.4, -0.2) is 26.6 Å². The maximum Gasteiger partial charge on any atom is 0.141 e. The molecular weight excluding hydrogens is 386 g/mol. The van der Waals surface area contributed by atoms with Gasteiger partial charge in [-0.1, -0.05) is 48.9 Å². The Hall–Kier alpha value is -3.08. The Morgan fingerprint density at radius 2 is 1.71 bits per heavy atom. The van der Waals surface area contributed by atoms with Gasteiger partial charge in [-0.3, -0.25) is 4.79 Å². The Kier molecular flexibility index (Phi) is 7.88. The monoisotopic (exact) mass is 417 g/mol. The van der Waals surface area contributed by atoms with Crippen molar-refractivity contribution in [1.82, 2.24) is 15.0 Å². The average Bonchev–Trinajstić information content (AvgIpc) is 3.22. The van der Waals surface area contributed by atoms with E-state index in [9.17, 15) is 9.59 Å². The maximum absolute atomic E-state index is 12.7. The minimum atomic E-state index is 0.183. The number of aromatic nitrogens is 3. The number of hydrogen-bond donors (Lipinski definition) is 0. The highest BCUT2D eigenvalue weighted by Gasteiger charge is 2.10. The summed E-state index contributed by atoms with van der Waals surface area (Å²) in [6.07, 6.45) is 7.23. The first-order chi connectivity index (χ1) is 14.9. The number of hydrogen-bond acceptors (Lipinski definition) is 4. The van der Waals surface area contributed by atoms with Crippen LogP contribution in [0.4, 0.5) is 0 Å². The van der Waals surface area contributed by atoms with Crippen LogP contribution in [0.15, 0.2) is 48.7 Å². The molecule has 0 aliphatic rings. The molecular formula is C26H31N3O2. The van der Waals surface area contributed by atoms with E-state index >= 15 is 0 Å². The third kappa shape index (κ3) is 6.71. The van der Waals surface area contributed by atoms with Crippen molar-refractivity contribution in [3.05, 3.63) is 76.6 Å². The number of Topliss-reactive ketones (excluding diaryl/α,β-unsaturated/α-hetero) is 2. The minimum absolute atomic E-state index is 0.183. The zero-order valence-corrected chi connectivity index (χ0v) is 18.7. The molecule has 5 nitrogen and oxygen atoms in total. The van der Waals surface area contributed by atoms with Gasteiger partial charge in [0.15, 0.2) is 0 Å². The number of nitrogens with zero attached hydrogens (tertiary/aromatic N) is 3. The number of carbonyl (C=O) groups excluding carboxylic acids is 2. The van der Waals surface area contributed by atoms with E-state index in [-0.39, 0.29) is 11.6 Å². The van der Waals surface area contributed by atoms with E-state index in [1.807, 2.05) is 49.5 Å². The van der Waals surface area contributed by atoms with E-state index < -0.39 is 0 Å². The lowest BCUT2D eigenvalue weighted by atomic mass is 9.96. The first-order valence-electron chi connectivity index (χ1n) is 11.0. The van der Waals surface area contributed by atoms with E-state index in [1.54, 1.807) is 11.6 Å². The fraction of sp³-hybridized carbons (Fsp3) is 0.385. The molecule has 162 valence electrons. The second-order valence-electron chi connectivity index (χ2n) is 8.28. The third-order valence-corrected chi connectivity index (χ3v) is 5.50. The number of ketones is 2. The highest BCUT2D eigenvalue weighted by atomic mass is 16.1. The molecule has 0 unspecified atom stereocenters. The van der Waals surface area contributed by atoms with Crippen LogP contribution in [0.2, 0.25) is 0 Å². The molecule has 3 aromatic rings. The molecule has 0 N–H and O–H groups in total. The lowest BCUT2D eigenvalue weighted by molar-refractivity contribution is -0.118. The summed E-state index contributed by atoms with van der Waals surface area (Å²) in [5.74, 6) is 0.368. The molecule has 0 radical (unpaired) electrons. The van der Waals surface area contributed by atoms with Crippen LogP contribution in [0.25, 0.3) is 5.69 Å². The summed E-state index contributed by atoms with van der Waals surface area (Å²) in [5.41, 5.74) is 6.21. The van der Waals surface area contributed by atoms with Gasteiger partial charge in [0.25, 0.3) is 0 Å². The highest BCUT2D eigenvalue weighted by molar-refractivity contribution is 5.83. The molecule has 31 heavy (non-hydrogen) atoms. The third-order valence-electron chi connectivity index (χ3n) is 5.50. The van der Waals surface area contributed by atoms with Crippen LogP contribution >= 0.6 is 0 Å². The van der Waals surface area contributed by atoms with Crippen LogP contribution in [0.3, 0.4) is 0 Å². The summed E-state index contributed by atoms with van der Waals surface area (Å²) < 4.78 is 1.78. The molecule has 2 aromatic carbocycles. The lowest BCUT2D eigenvalue weighted by Gasteiger charge is -2.09. The van der Waals surface area contributed by atoms with Crippen molar-refractivity contribution in [2.45, 2.75) is 65.7 Å². The first-order valence-corrected chi connectivity index (χ1v) is 11.0. The zero-order valence-electron chi connectivity index (χ0n) is 18.7. The van der Waals surface area contributed by atoms with Crippen molar-refractivity contribution in [1.29, 1.82) is 0 Å². The summed E-state index contributed by atoms with van der Waals surface area (Å²) in [6, 6.07) is 14.1. The molecule has 0 aliphatic carbocycles. The van der Waals surface area contributed by atoms with E-state index in [0.717, 1.165) is 59.3 Å². The molecule has 0 saturated carbocycles. The van der Waals surface area contributed by atoms with Gasteiger partial charge in [0.1, 0.15) is 11.6 Å². The van der Waals surface area contributed by atoms with Crippen molar-refractivity contribution < 1.29 is 9.59 Å². The van der Waals surface area contributed by atoms with Crippen molar-refractivity contribution >= 4 is 11.6 Å². The van der Waals surface area contributed by atoms with Crippen LogP contribution in [0.5, 0.6) is 0 Å². The number of aryl methyl sites for hydroxylation is 3. The Morgan fingerprint density at radius 1 is 0.968 bits per heavy atom. The first kappa shape index (κ1) is 22.6. The van der Waals surface area contributed by atoms with Crippen LogP contribution < -0.4 is 0 Å². The van der Waals surface area contributed by atoms with E-state index in [1.165, 1.54) is 0 Å².